The molecule has 0 unspecified atom stereocenters. The van der Waals surface area contributed by atoms with Crippen LogP contribution in [-0.4, -0.2) is 9.97 Å². The number of hydrogen-bond donors (Lipinski definition) is 0. The molecule has 0 amide bonds. The van der Waals surface area contributed by atoms with Gasteiger partial charge in [-0.25, -0.2) is 4.98 Å². The van der Waals surface area contributed by atoms with Crippen LogP contribution in [0.25, 0.3) is 0 Å². The van der Waals surface area contributed by atoms with Crippen LogP contribution in [-0.2, 0) is 5.75 Å². The summed E-state index contributed by atoms with van der Waals surface area (Å²) in [6.07, 6.45) is 3.27. The second-order valence-corrected chi connectivity index (χ2v) is 5.43. The summed E-state index contributed by atoms with van der Waals surface area (Å²) in [6, 6.07) is 8.17. The number of hydrogen-bond acceptors (Lipinski definition) is 3. The van der Waals surface area contributed by atoms with Crippen molar-refractivity contribution in [1.82, 2.24) is 9.97 Å². The largest absolute Gasteiger partial charge is 0.256 e. The minimum absolute atomic E-state index is 0.427. The molecule has 0 aliphatic heterocycles. The molecule has 5 heteroatoms. The molecule has 0 bridgehead atoms. The van der Waals surface area contributed by atoms with E-state index in [4.69, 9.17) is 11.6 Å². The summed E-state index contributed by atoms with van der Waals surface area (Å²) in [5.41, 5.74) is 0.925. The van der Waals surface area contributed by atoms with E-state index < -0.39 is 0 Å². The van der Waals surface area contributed by atoms with Crippen LogP contribution in [0, 0.1) is 0 Å². The molecule has 0 N–H and O–H groups in total. The minimum Gasteiger partial charge on any atom is -0.256 e. The number of rotatable bonds is 3. The quantitative estimate of drug-likeness (QED) is 0.794. The van der Waals surface area contributed by atoms with Crippen molar-refractivity contribution in [3.63, 3.8) is 0 Å². The van der Waals surface area contributed by atoms with E-state index in [1.165, 1.54) is 4.90 Å². The Morgan fingerprint density at radius 1 is 1.25 bits per heavy atom. The Morgan fingerprint density at radius 2 is 2.12 bits per heavy atom. The molecule has 1 aromatic heterocycles. The lowest BCUT2D eigenvalue weighted by atomic mass is 10.4. The van der Waals surface area contributed by atoms with E-state index in [1.54, 1.807) is 24.2 Å². The van der Waals surface area contributed by atoms with Gasteiger partial charge in [0, 0.05) is 15.1 Å². The zero-order chi connectivity index (χ0) is 11.4. The van der Waals surface area contributed by atoms with E-state index in [0.29, 0.717) is 5.15 Å². The fourth-order valence-electron chi connectivity index (χ4n) is 1.13. The third-order valence-electron chi connectivity index (χ3n) is 1.86. The first-order valence-electron chi connectivity index (χ1n) is 4.59. The fraction of sp³-hybridized carbons (Fsp3) is 0.0909. The molecule has 16 heavy (non-hydrogen) atoms. The maximum atomic E-state index is 5.66. The Kier molecular flexibility index (Phi) is 4.21. The molecular weight excluding hydrogens is 308 g/mol. The summed E-state index contributed by atoms with van der Waals surface area (Å²) < 4.78 is 1.08. The van der Waals surface area contributed by atoms with Crippen LogP contribution in [0.3, 0.4) is 0 Å². The summed E-state index contributed by atoms with van der Waals surface area (Å²) in [7, 11) is 0. The molecule has 0 aliphatic rings. The molecule has 0 spiro atoms. The minimum atomic E-state index is 0.427. The first-order chi connectivity index (χ1) is 7.74. The van der Waals surface area contributed by atoms with Gasteiger partial charge in [-0.3, -0.25) is 4.98 Å². The third kappa shape index (κ3) is 3.47. The average molecular weight is 316 g/mol. The van der Waals surface area contributed by atoms with Crippen LogP contribution in [0.5, 0.6) is 0 Å². The Hall–Kier alpha value is -0.580. The lowest BCUT2D eigenvalue weighted by molar-refractivity contribution is 1.10. The summed E-state index contributed by atoms with van der Waals surface area (Å²) >= 11 is 10.8. The molecule has 2 nitrogen and oxygen atoms in total. The van der Waals surface area contributed by atoms with Crippen molar-refractivity contribution >= 4 is 39.3 Å². The fourth-order valence-corrected chi connectivity index (χ4v) is 2.62. The molecular formula is C11H8BrClN2S. The van der Waals surface area contributed by atoms with Crippen molar-refractivity contribution in [2.24, 2.45) is 0 Å². The molecule has 0 aliphatic carbocycles. The summed E-state index contributed by atoms with van der Waals surface area (Å²) in [5, 5.41) is 0.427. The summed E-state index contributed by atoms with van der Waals surface area (Å²) in [5.74, 6) is 0.792. The molecule has 1 heterocycles. The van der Waals surface area contributed by atoms with Gasteiger partial charge in [0.1, 0.15) is 5.15 Å². The summed E-state index contributed by atoms with van der Waals surface area (Å²) in [6.45, 7) is 0. The molecule has 2 aromatic rings. The summed E-state index contributed by atoms with van der Waals surface area (Å²) in [4.78, 5) is 9.38. The molecule has 0 saturated heterocycles. The normalized spacial score (nSPS) is 10.4. The zero-order valence-electron chi connectivity index (χ0n) is 8.23. The second kappa shape index (κ2) is 5.66. The molecule has 0 fully saturated rings. The molecule has 2 rings (SSSR count). The van der Waals surface area contributed by atoms with Gasteiger partial charge < -0.3 is 0 Å². The monoisotopic (exact) mass is 314 g/mol. The smallest absolute Gasteiger partial charge is 0.147 e. The highest BCUT2D eigenvalue weighted by molar-refractivity contribution is 9.10. The standard InChI is InChI=1S/C11H8BrClN2S/c12-8-2-1-3-10(4-8)16-7-9-5-15-11(13)6-14-9/h1-6H,7H2. The molecule has 0 saturated carbocycles. The SMILES string of the molecule is Clc1cnc(CSc2cccc(Br)c2)cn1. The van der Waals surface area contributed by atoms with Crippen LogP contribution < -0.4 is 0 Å². The second-order valence-electron chi connectivity index (χ2n) is 3.08. The lowest BCUT2D eigenvalue weighted by Crippen LogP contribution is -1.88. The van der Waals surface area contributed by atoms with E-state index in [1.807, 2.05) is 12.1 Å². The number of halogens is 2. The van der Waals surface area contributed by atoms with Crippen LogP contribution in [0.15, 0.2) is 46.0 Å². The van der Waals surface area contributed by atoms with Crippen molar-refractivity contribution in [1.29, 1.82) is 0 Å². The van der Waals surface area contributed by atoms with Crippen LogP contribution >= 0.6 is 39.3 Å². The van der Waals surface area contributed by atoms with Gasteiger partial charge in [-0.05, 0) is 18.2 Å². The lowest BCUT2D eigenvalue weighted by Gasteiger charge is -2.01. The highest BCUT2D eigenvalue weighted by atomic mass is 79.9. The van der Waals surface area contributed by atoms with E-state index in [-0.39, 0.29) is 0 Å². The van der Waals surface area contributed by atoms with Gasteiger partial charge in [0.2, 0.25) is 0 Å². The van der Waals surface area contributed by atoms with Gasteiger partial charge in [0.15, 0.2) is 0 Å². The zero-order valence-corrected chi connectivity index (χ0v) is 11.4. The van der Waals surface area contributed by atoms with Gasteiger partial charge in [-0.2, -0.15) is 0 Å². The predicted molar refractivity (Wildman–Crippen MR) is 70.7 cm³/mol. The van der Waals surface area contributed by atoms with E-state index >= 15 is 0 Å². The van der Waals surface area contributed by atoms with Crippen molar-refractivity contribution in [3.05, 3.63) is 52.0 Å². The van der Waals surface area contributed by atoms with Crippen molar-refractivity contribution in [2.45, 2.75) is 10.6 Å². The predicted octanol–water partition coefficient (Wildman–Crippen LogP) is 4.18. The van der Waals surface area contributed by atoms with E-state index in [2.05, 4.69) is 38.0 Å². The third-order valence-corrected chi connectivity index (χ3v) is 3.57. The Bertz CT molecular complexity index is 476. The molecule has 82 valence electrons. The molecule has 1 aromatic carbocycles. The van der Waals surface area contributed by atoms with Gasteiger partial charge in [0.05, 0.1) is 18.1 Å². The molecule has 0 radical (unpaired) electrons. The van der Waals surface area contributed by atoms with Gasteiger partial charge in [-0.1, -0.05) is 33.6 Å². The maximum absolute atomic E-state index is 5.66. The van der Waals surface area contributed by atoms with Crippen molar-refractivity contribution in [2.75, 3.05) is 0 Å². The Morgan fingerprint density at radius 3 is 2.81 bits per heavy atom. The molecule has 0 atom stereocenters. The highest BCUT2D eigenvalue weighted by Gasteiger charge is 1.99. The maximum Gasteiger partial charge on any atom is 0.147 e. The van der Waals surface area contributed by atoms with E-state index in [9.17, 15) is 0 Å². The van der Waals surface area contributed by atoms with Gasteiger partial charge in [-0.15, -0.1) is 11.8 Å². The van der Waals surface area contributed by atoms with Gasteiger partial charge in [0.25, 0.3) is 0 Å². The van der Waals surface area contributed by atoms with E-state index in [0.717, 1.165) is 15.9 Å². The van der Waals surface area contributed by atoms with Crippen LogP contribution in [0.2, 0.25) is 5.15 Å². The van der Waals surface area contributed by atoms with Crippen molar-refractivity contribution in [3.8, 4) is 0 Å². The topological polar surface area (TPSA) is 25.8 Å². The Balaban J connectivity index is 1.99. The Labute approximate surface area is 112 Å². The van der Waals surface area contributed by atoms with Crippen molar-refractivity contribution < 1.29 is 0 Å². The number of aromatic nitrogens is 2. The number of thioether (sulfide) groups is 1. The number of nitrogens with zero attached hydrogens (tertiary/aromatic N) is 2. The van der Waals surface area contributed by atoms with Crippen LogP contribution in [0.4, 0.5) is 0 Å². The highest BCUT2D eigenvalue weighted by Crippen LogP contribution is 2.24. The average Bonchev–Trinajstić information content (AvgIpc) is 2.28. The number of benzene rings is 1. The van der Waals surface area contributed by atoms with Gasteiger partial charge >= 0.3 is 0 Å². The first kappa shape index (κ1) is 11.9. The van der Waals surface area contributed by atoms with Crippen LogP contribution in [0.1, 0.15) is 5.69 Å². The first-order valence-corrected chi connectivity index (χ1v) is 6.74.